The summed E-state index contributed by atoms with van der Waals surface area (Å²) in [7, 11) is 0. The van der Waals surface area contributed by atoms with E-state index < -0.39 is 11.6 Å². The highest BCUT2D eigenvalue weighted by atomic mass is 35.5. The highest BCUT2D eigenvalue weighted by Gasteiger charge is 2.09. The van der Waals surface area contributed by atoms with E-state index in [2.05, 4.69) is 5.32 Å². The van der Waals surface area contributed by atoms with Gasteiger partial charge in [-0.2, -0.15) is 0 Å². The van der Waals surface area contributed by atoms with Gasteiger partial charge in [-0.15, -0.1) is 0 Å². The molecule has 0 bridgehead atoms. The van der Waals surface area contributed by atoms with Crippen molar-refractivity contribution in [2.75, 3.05) is 0 Å². The summed E-state index contributed by atoms with van der Waals surface area (Å²) in [6.07, 6.45) is 0. The summed E-state index contributed by atoms with van der Waals surface area (Å²) in [5.74, 6) is -1.12. The lowest BCUT2D eigenvalue weighted by molar-refractivity contribution is 0.453. The Morgan fingerprint density at radius 1 is 1.10 bits per heavy atom. The molecule has 0 amide bonds. The molecule has 2 aromatic rings. The van der Waals surface area contributed by atoms with Crippen LogP contribution in [0.5, 0.6) is 11.5 Å². The van der Waals surface area contributed by atoms with Crippen molar-refractivity contribution in [3.05, 3.63) is 58.6 Å². The molecular formula is C16H16ClF2NO. The molecule has 0 radical (unpaired) electrons. The minimum Gasteiger partial charge on any atom is -0.457 e. The van der Waals surface area contributed by atoms with Gasteiger partial charge in [-0.3, -0.25) is 0 Å². The first-order valence-corrected chi connectivity index (χ1v) is 6.98. The highest BCUT2D eigenvalue weighted by Crippen LogP contribution is 2.29. The minimum absolute atomic E-state index is 0.224. The standard InChI is InChI=1S/C16H16ClF2NO/c1-10(2)20-9-11-3-4-12(17)7-16(11)21-13-5-6-14(18)15(19)8-13/h3-8,10,20H,9H2,1-2H3. The molecule has 0 unspecified atom stereocenters. The van der Waals surface area contributed by atoms with E-state index in [9.17, 15) is 8.78 Å². The molecule has 0 atom stereocenters. The van der Waals surface area contributed by atoms with Crippen LogP contribution < -0.4 is 10.1 Å². The summed E-state index contributed by atoms with van der Waals surface area (Å²) >= 11 is 5.97. The summed E-state index contributed by atoms with van der Waals surface area (Å²) < 4.78 is 31.8. The Morgan fingerprint density at radius 2 is 1.86 bits per heavy atom. The summed E-state index contributed by atoms with van der Waals surface area (Å²) in [4.78, 5) is 0. The van der Waals surface area contributed by atoms with Gasteiger partial charge in [0.1, 0.15) is 11.5 Å². The summed E-state index contributed by atoms with van der Waals surface area (Å²) in [5.41, 5.74) is 0.887. The van der Waals surface area contributed by atoms with E-state index in [1.165, 1.54) is 6.07 Å². The van der Waals surface area contributed by atoms with E-state index in [4.69, 9.17) is 16.3 Å². The van der Waals surface area contributed by atoms with E-state index in [0.29, 0.717) is 23.4 Å². The van der Waals surface area contributed by atoms with Crippen molar-refractivity contribution in [3.63, 3.8) is 0 Å². The van der Waals surface area contributed by atoms with Gasteiger partial charge in [-0.05, 0) is 24.3 Å². The molecule has 2 aromatic carbocycles. The predicted octanol–water partition coefficient (Wildman–Crippen LogP) is 4.91. The van der Waals surface area contributed by atoms with Gasteiger partial charge < -0.3 is 10.1 Å². The van der Waals surface area contributed by atoms with Crippen LogP contribution in [0.15, 0.2) is 36.4 Å². The minimum atomic E-state index is -0.948. The Balaban J connectivity index is 2.24. The molecule has 21 heavy (non-hydrogen) atoms. The lowest BCUT2D eigenvalue weighted by Crippen LogP contribution is -2.22. The second kappa shape index (κ2) is 6.87. The smallest absolute Gasteiger partial charge is 0.162 e. The predicted molar refractivity (Wildman–Crippen MR) is 79.9 cm³/mol. The summed E-state index contributed by atoms with van der Waals surface area (Å²) in [5, 5.41) is 3.79. The van der Waals surface area contributed by atoms with E-state index in [0.717, 1.165) is 17.7 Å². The lowest BCUT2D eigenvalue weighted by Gasteiger charge is -2.14. The molecule has 0 saturated heterocycles. The maximum absolute atomic E-state index is 13.2. The first-order chi connectivity index (χ1) is 9.95. The van der Waals surface area contributed by atoms with Crippen molar-refractivity contribution in [3.8, 4) is 11.5 Å². The number of rotatable bonds is 5. The fraction of sp³-hybridized carbons (Fsp3) is 0.250. The molecule has 0 saturated carbocycles. The lowest BCUT2D eigenvalue weighted by atomic mass is 10.2. The molecule has 0 aliphatic rings. The van der Waals surface area contributed by atoms with Crippen LogP contribution in [0.1, 0.15) is 19.4 Å². The Kier molecular flexibility index (Phi) is 5.15. The van der Waals surface area contributed by atoms with E-state index in [-0.39, 0.29) is 5.75 Å². The zero-order valence-corrected chi connectivity index (χ0v) is 12.5. The Hall–Kier alpha value is -1.65. The summed E-state index contributed by atoms with van der Waals surface area (Å²) in [6.45, 7) is 4.66. The van der Waals surface area contributed by atoms with Gasteiger partial charge in [0.2, 0.25) is 0 Å². The number of halogens is 3. The monoisotopic (exact) mass is 311 g/mol. The van der Waals surface area contributed by atoms with Crippen LogP contribution in [0.25, 0.3) is 0 Å². The van der Waals surface area contributed by atoms with E-state index in [1.807, 2.05) is 19.9 Å². The molecule has 0 aliphatic heterocycles. The van der Waals surface area contributed by atoms with Crippen molar-refractivity contribution in [1.29, 1.82) is 0 Å². The third-order valence-corrected chi connectivity index (χ3v) is 3.08. The third-order valence-electron chi connectivity index (χ3n) is 2.85. The average Bonchev–Trinajstić information content (AvgIpc) is 2.42. The van der Waals surface area contributed by atoms with Crippen molar-refractivity contribution >= 4 is 11.6 Å². The van der Waals surface area contributed by atoms with Crippen molar-refractivity contribution in [1.82, 2.24) is 5.32 Å². The average molecular weight is 312 g/mol. The molecule has 1 N–H and O–H groups in total. The van der Waals surface area contributed by atoms with Crippen LogP contribution in [0.2, 0.25) is 5.02 Å². The molecule has 0 aliphatic carbocycles. The Labute approximate surface area is 127 Å². The van der Waals surface area contributed by atoms with Crippen molar-refractivity contribution in [2.45, 2.75) is 26.4 Å². The van der Waals surface area contributed by atoms with Gasteiger partial charge in [-0.1, -0.05) is 31.5 Å². The van der Waals surface area contributed by atoms with Gasteiger partial charge in [0.05, 0.1) is 0 Å². The topological polar surface area (TPSA) is 21.3 Å². The maximum atomic E-state index is 13.2. The maximum Gasteiger partial charge on any atom is 0.162 e. The Bertz CT molecular complexity index is 632. The molecule has 0 spiro atoms. The molecule has 0 heterocycles. The number of nitrogens with one attached hydrogen (secondary N) is 1. The number of benzene rings is 2. The quantitative estimate of drug-likeness (QED) is 0.847. The second-order valence-corrected chi connectivity index (χ2v) is 5.40. The fourth-order valence-electron chi connectivity index (χ4n) is 1.75. The largest absolute Gasteiger partial charge is 0.457 e. The van der Waals surface area contributed by atoms with Crippen LogP contribution in [-0.2, 0) is 6.54 Å². The Morgan fingerprint density at radius 3 is 2.52 bits per heavy atom. The van der Waals surface area contributed by atoms with Crippen molar-refractivity contribution in [2.24, 2.45) is 0 Å². The van der Waals surface area contributed by atoms with Crippen LogP contribution >= 0.6 is 11.6 Å². The molecule has 0 aromatic heterocycles. The van der Waals surface area contributed by atoms with Gasteiger partial charge in [-0.25, -0.2) is 8.78 Å². The van der Waals surface area contributed by atoms with Crippen LogP contribution in [0.4, 0.5) is 8.78 Å². The van der Waals surface area contributed by atoms with Gasteiger partial charge in [0.15, 0.2) is 11.6 Å². The number of hydrogen-bond donors (Lipinski definition) is 1. The highest BCUT2D eigenvalue weighted by molar-refractivity contribution is 6.30. The van der Waals surface area contributed by atoms with Gasteiger partial charge >= 0.3 is 0 Å². The molecular weight excluding hydrogens is 296 g/mol. The molecule has 112 valence electrons. The molecule has 5 heteroatoms. The molecule has 2 rings (SSSR count). The van der Waals surface area contributed by atoms with Crippen molar-refractivity contribution < 1.29 is 13.5 Å². The molecule has 0 fully saturated rings. The first-order valence-electron chi connectivity index (χ1n) is 6.60. The zero-order valence-electron chi connectivity index (χ0n) is 11.8. The summed E-state index contributed by atoms with van der Waals surface area (Å²) in [6, 6.07) is 8.98. The van der Waals surface area contributed by atoms with Crippen LogP contribution in [0.3, 0.4) is 0 Å². The van der Waals surface area contributed by atoms with Crippen LogP contribution in [0, 0.1) is 11.6 Å². The zero-order chi connectivity index (χ0) is 15.4. The first kappa shape index (κ1) is 15.7. The number of ether oxygens (including phenoxy) is 1. The van der Waals surface area contributed by atoms with Gasteiger partial charge in [0, 0.05) is 29.2 Å². The fourth-order valence-corrected chi connectivity index (χ4v) is 1.91. The SMILES string of the molecule is CC(C)NCc1ccc(Cl)cc1Oc1ccc(F)c(F)c1. The normalized spacial score (nSPS) is 11.0. The van der Waals surface area contributed by atoms with E-state index in [1.54, 1.807) is 12.1 Å². The van der Waals surface area contributed by atoms with Gasteiger partial charge in [0.25, 0.3) is 0 Å². The van der Waals surface area contributed by atoms with E-state index >= 15 is 0 Å². The molecule has 2 nitrogen and oxygen atoms in total. The van der Waals surface area contributed by atoms with Crippen LogP contribution in [-0.4, -0.2) is 6.04 Å². The number of hydrogen-bond acceptors (Lipinski definition) is 2. The third kappa shape index (κ3) is 4.41. The second-order valence-electron chi connectivity index (χ2n) is 4.97.